The van der Waals surface area contributed by atoms with Crippen molar-refractivity contribution in [3.63, 3.8) is 0 Å². The fourth-order valence-corrected chi connectivity index (χ4v) is 5.47. The highest BCUT2D eigenvalue weighted by Crippen LogP contribution is 2.52. The van der Waals surface area contributed by atoms with Crippen molar-refractivity contribution in [1.82, 2.24) is 4.57 Å². The summed E-state index contributed by atoms with van der Waals surface area (Å²) in [6.07, 6.45) is 0. The molecular weight excluding hydrogens is 418 g/mol. The standard InChI is InChI=1S/C27H20BrN/c1-27(2)21-10-7-13-25(26(21)20-15-14-17(28)16-22(20)27)29-23-11-5-3-8-18(23)19-9-4-6-12-24(19)29/h3-16H,1-2H3. The zero-order valence-corrected chi connectivity index (χ0v) is 18.0. The second kappa shape index (κ2) is 5.84. The molecule has 0 unspecified atom stereocenters. The molecule has 1 aliphatic rings. The van der Waals surface area contributed by atoms with Gasteiger partial charge in [0.25, 0.3) is 0 Å². The van der Waals surface area contributed by atoms with Gasteiger partial charge in [0.2, 0.25) is 0 Å². The van der Waals surface area contributed by atoms with E-state index in [9.17, 15) is 0 Å². The largest absolute Gasteiger partial charge is 0.309 e. The van der Waals surface area contributed by atoms with Crippen molar-refractivity contribution in [3.8, 4) is 16.8 Å². The summed E-state index contributed by atoms with van der Waals surface area (Å²) in [4.78, 5) is 0. The molecule has 5 aromatic rings. The van der Waals surface area contributed by atoms with Crippen LogP contribution in [0.5, 0.6) is 0 Å². The molecule has 0 bridgehead atoms. The maximum atomic E-state index is 3.68. The Morgan fingerprint density at radius 1 is 0.690 bits per heavy atom. The number of rotatable bonds is 1. The summed E-state index contributed by atoms with van der Waals surface area (Å²) >= 11 is 3.68. The third-order valence-corrected chi connectivity index (χ3v) is 6.95. The van der Waals surface area contributed by atoms with Crippen LogP contribution < -0.4 is 0 Å². The minimum absolute atomic E-state index is 0.0246. The van der Waals surface area contributed by atoms with Crippen molar-refractivity contribution in [2.45, 2.75) is 19.3 Å². The lowest BCUT2D eigenvalue weighted by atomic mass is 9.82. The minimum Gasteiger partial charge on any atom is -0.309 e. The normalized spacial score (nSPS) is 14.3. The van der Waals surface area contributed by atoms with Crippen molar-refractivity contribution in [1.29, 1.82) is 0 Å². The summed E-state index contributed by atoms with van der Waals surface area (Å²) in [5.41, 5.74) is 9.21. The van der Waals surface area contributed by atoms with Crippen LogP contribution in [0.25, 0.3) is 38.6 Å². The second-order valence-electron chi connectivity index (χ2n) is 8.38. The third kappa shape index (κ3) is 2.21. The van der Waals surface area contributed by atoms with Crippen molar-refractivity contribution < 1.29 is 0 Å². The molecular formula is C27H20BrN. The molecule has 0 spiro atoms. The van der Waals surface area contributed by atoms with Crippen LogP contribution in [-0.2, 0) is 5.41 Å². The monoisotopic (exact) mass is 437 g/mol. The first kappa shape index (κ1) is 17.1. The molecule has 0 atom stereocenters. The lowest BCUT2D eigenvalue weighted by molar-refractivity contribution is 0.660. The Bertz CT molecular complexity index is 1380. The van der Waals surface area contributed by atoms with Crippen LogP contribution in [0, 0.1) is 0 Å². The first-order chi connectivity index (χ1) is 14.1. The average molecular weight is 438 g/mol. The summed E-state index contributed by atoms with van der Waals surface area (Å²) in [5.74, 6) is 0. The molecule has 29 heavy (non-hydrogen) atoms. The van der Waals surface area contributed by atoms with Gasteiger partial charge < -0.3 is 4.57 Å². The average Bonchev–Trinajstić information content (AvgIpc) is 3.18. The van der Waals surface area contributed by atoms with Gasteiger partial charge in [0.05, 0.1) is 16.7 Å². The fraction of sp³-hybridized carbons (Fsp3) is 0.111. The molecule has 2 heteroatoms. The van der Waals surface area contributed by atoms with Crippen LogP contribution in [0.3, 0.4) is 0 Å². The highest BCUT2D eigenvalue weighted by atomic mass is 79.9. The van der Waals surface area contributed by atoms with Gasteiger partial charge in [0, 0.05) is 26.2 Å². The lowest BCUT2D eigenvalue weighted by Gasteiger charge is -2.22. The fourth-order valence-electron chi connectivity index (χ4n) is 5.11. The summed E-state index contributed by atoms with van der Waals surface area (Å²) in [6.45, 7) is 4.67. The lowest BCUT2D eigenvalue weighted by Crippen LogP contribution is -2.15. The predicted molar refractivity (Wildman–Crippen MR) is 126 cm³/mol. The highest BCUT2D eigenvalue weighted by molar-refractivity contribution is 9.10. The van der Waals surface area contributed by atoms with Gasteiger partial charge in [-0.1, -0.05) is 84.4 Å². The maximum absolute atomic E-state index is 3.68. The van der Waals surface area contributed by atoms with E-state index in [1.165, 1.54) is 49.7 Å². The first-order valence-corrected chi connectivity index (χ1v) is 10.8. The number of para-hydroxylation sites is 2. The van der Waals surface area contributed by atoms with Crippen molar-refractivity contribution in [3.05, 3.63) is 101 Å². The molecule has 1 nitrogen and oxygen atoms in total. The Morgan fingerprint density at radius 3 is 2.03 bits per heavy atom. The smallest absolute Gasteiger partial charge is 0.0543 e. The van der Waals surface area contributed by atoms with Gasteiger partial charge in [-0.25, -0.2) is 0 Å². The SMILES string of the molecule is CC1(C)c2cc(Br)ccc2-c2c(-n3c4ccccc4c4ccccc43)cccc21. The van der Waals surface area contributed by atoms with Gasteiger partial charge >= 0.3 is 0 Å². The summed E-state index contributed by atoms with van der Waals surface area (Å²) in [7, 11) is 0. The number of benzene rings is 4. The molecule has 0 saturated carbocycles. The number of hydrogen-bond acceptors (Lipinski definition) is 0. The summed E-state index contributed by atoms with van der Waals surface area (Å²) in [6, 6.07) is 30.9. The molecule has 1 heterocycles. The second-order valence-corrected chi connectivity index (χ2v) is 9.30. The van der Waals surface area contributed by atoms with E-state index < -0.39 is 0 Å². The molecule has 0 aliphatic heterocycles. The molecule has 6 rings (SSSR count). The topological polar surface area (TPSA) is 4.93 Å². The summed E-state index contributed by atoms with van der Waals surface area (Å²) < 4.78 is 3.58. The van der Waals surface area contributed by atoms with Crippen LogP contribution in [0.4, 0.5) is 0 Å². The van der Waals surface area contributed by atoms with Gasteiger partial charge in [0.15, 0.2) is 0 Å². The number of nitrogens with zero attached hydrogens (tertiary/aromatic N) is 1. The minimum atomic E-state index is -0.0246. The Kier molecular flexibility index (Phi) is 3.43. The maximum Gasteiger partial charge on any atom is 0.0543 e. The molecule has 1 aliphatic carbocycles. The molecule has 0 amide bonds. The van der Waals surface area contributed by atoms with E-state index in [-0.39, 0.29) is 5.41 Å². The molecule has 0 N–H and O–H groups in total. The quantitative estimate of drug-likeness (QED) is 0.251. The molecule has 4 aromatic carbocycles. The Balaban J connectivity index is 1.79. The van der Waals surface area contributed by atoms with E-state index in [2.05, 4.69) is 119 Å². The van der Waals surface area contributed by atoms with Gasteiger partial charge in [-0.2, -0.15) is 0 Å². The van der Waals surface area contributed by atoms with Crippen LogP contribution in [0.15, 0.2) is 89.4 Å². The Morgan fingerprint density at radius 2 is 1.34 bits per heavy atom. The molecule has 0 radical (unpaired) electrons. The van der Waals surface area contributed by atoms with Gasteiger partial charge in [-0.05, 0) is 47.0 Å². The third-order valence-electron chi connectivity index (χ3n) is 6.46. The first-order valence-electron chi connectivity index (χ1n) is 10.00. The van der Waals surface area contributed by atoms with Crippen molar-refractivity contribution in [2.24, 2.45) is 0 Å². The van der Waals surface area contributed by atoms with E-state index in [4.69, 9.17) is 0 Å². The van der Waals surface area contributed by atoms with Crippen LogP contribution >= 0.6 is 15.9 Å². The molecule has 140 valence electrons. The zero-order chi connectivity index (χ0) is 19.8. The van der Waals surface area contributed by atoms with Crippen molar-refractivity contribution in [2.75, 3.05) is 0 Å². The highest BCUT2D eigenvalue weighted by Gasteiger charge is 2.37. The van der Waals surface area contributed by atoms with Crippen LogP contribution in [0.1, 0.15) is 25.0 Å². The van der Waals surface area contributed by atoms with Crippen molar-refractivity contribution >= 4 is 37.7 Å². The Hall–Kier alpha value is -2.84. The number of hydrogen-bond donors (Lipinski definition) is 0. The molecule has 1 aromatic heterocycles. The van der Waals surface area contributed by atoms with E-state index in [0.717, 1.165) is 4.47 Å². The van der Waals surface area contributed by atoms with E-state index >= 15 is 0 Å². The predicted octanol–water partition coefficient (Wildman–Crippen LogP) is 7.85. The van der Waals surface area contributed by atoms with Gasteiger partial charge in [-0.3, -0.25) is 0 Å². The van der Waals surface area contributed by atoms with Crippen LogP contribution in [0.2, 0.25) is 0 Å². The van der Waals surface area contributed by atoms with E-state index in [1.54, 1.807) is 0 Å². The summed E-state index contributed by atoms with van der Waals surface area (Å²) in [5, 5.41) is 2.60. The Labute approximate surface area is 178 Å². The zero-order valence-electron chi connectivity index (χ0n) is 16.4. The number of aromatic nitrogens is 1. The van der Waals surface area contributed by atoms with Gasteiger partial charge in [-0.15, -0.1) is 0 Å². The van der Waals surface area contributed by atoms with Gasteiger partial charge in [0.1, 0.15) is 0 Å². The van der Waals surface area contributed by atoms with E-state index in [1.807, 2.05) is 0 Å². The van der Waals surface area contributed by atoms with Crippen LogP contribution in [-0.4, -0.2) is 4.57 Å². The number of halogens is 1. The van der Waals surface area contributed by atoms with E-state index in [0.29, 0.717) is 0 Å². The number of fused-ring (bicyclic) bond motifs is 6. The molecule has 0 fully saturated rings. The molecule has 0 saturated heterocycles.